The molecule has 2 atom stereocenters. The Hall–Kier alpha value is -5.22. The van der Waals surface area contributed by atoms with E-state index in [0.29, 0.717) is 36.0 Å². The highest BCUT2D eigenvalue weighted by atomic mass is 19.2. The molecule has 6 N–H and O–H groups in total. The van der Waals surface area contributed by atoms with Crippen molar-refractivity contribution in [3.8, 4) is 17.3 Å². The summed E-state index contributed by atoms with van der Waals surface area (Å²) in [5.74, 6) is -1.49. The number of hydrogen-bond donors (Lipinski definition) is 4. The SMILES string of the molecule is C[C@H](NC(=O)c1nc(C#N)cnc1NCc1ccc(-c2cnc(N)c(N3CCC[C@H](N)C3)n2)cc1)c1ccc(F)c(F)c1. The molecule has 0 bridgehead atoms. The van der Waals surface area contributed by atoms with Crippen LogP contribution < -0.4 is 27.0 Å². The fourth-order valence-electron chi connectivity index (χ4n) is 4.80. The molecule has 1 aliphatic rings. The molecule has 0 saturated carbocycles. The highest BCUT2D eigenvalue weighted by Crippen LogP contribution is 2.27. The van der Waals surface area contributed by atoms with Gasteiger partial charge in [0.25, 0.3) is 5.91 Å². The van der Waals surface area contributed by atoms with E-state index in [1.54, 1.807) is 13.1 Å². The highest BCUT2D eigenvalue weighted by molar-refractivity contribution is 5.97. The van der Waals surface area contributed by atoms with Crippen LogP contribution >= 0.6 is 0 Å². The van der Waals surface area contributed by atoms with Gasteiger partial charge in [-0.15, -0.1) is 0 Å². The van der Waals surface area contributed by atoms with Gasteiger partial charge in [0, 0.05) is 31.2 Å². The number of nitrogens with one attached hydrogen (secondary N) is 2. The van der Waals surface area contributed by atoms with Crippen LogP contribution in [0, 0.1) is 23.0 Å². The topological polar surface area (TPSA) is 172 Å². The third-order valence-electron chi connectivity index (χ3n) is 7.14. The molecular formula is C30H30F2N10O. The summed E-state index contributed by atoms with van der Waals surface area (Å²) in [4.78, 5) is 32.6. The van der Waals surface area contributed by atoms with Gasteiger partial charge in [-0.25, -0.2) is 28.7 Å². The molecule has 2 aromatic heterocycles. The van der Waals surface area contributed by atoms with Crippen LogP contribution in [0.1, 0.15) is 53.1 Å². The van der Waals surface area contributed by atoms with E-state index in [1.165, 1.54) is 12.3 Å². The minimum absolute atomic E-state index is 0.0453. The van der Waals surface area contributed by atoms with Crippen LogP contribution in [0.4, 0.5) is 26.2 Å². The molecule has 1 aliphatic heterocycles. The number of carbonyl (C=O) groups excluding carboxylic acids is 1. The number of halogens is 2. The Morgan fingerprint density at radius 1 is 1.14 bits per heavy atom. The molecule has 43 heavy (non-hydrogen) atoms. The first-order valence-corrected chi connectivity index (χ1v) is 13.7. The summed E-state index contributed by atoms with van der Waals surface area (Å²) in [6.07, 6.45) is 4.83. The number of anilines is 3. The summed E-state index contributed by atoms with van der Waals surface area (Å²) in [5, 5.41) is 15.1. The first kappa shape index (κ1) is 29.3. The molecular weight excluding hydrogens is 554 g/mol. The van der Waals surface area contributed by atoms with Crippen LogP contribution in [0.5, 0.6) is 0 Å². The Bertz CT molecular complexity index is 1680. The molecule has 4 aromatic rings. The fourth-order valence-corrected chi connectivity index (χ4v) is 4.80. The maximum atomic E-state index is 13.7. The largest absolute Gasteiger partial charge is 0.381 e. The number of hydrogen-bond acceptors (Lipinski definition) is 10. The maximum Gasteiger partial charge on any atom is 0.274 e. The minimum Gasteiger partial charge on any atom is -0.381 e. The molecule has 1 saturated heterocycles. The van der Waals surface area contributed by atoms with E-state index in [9.17, 15) is 18.8 Å². The molecule has 3 heterocycles. The van der Waals surface area contributed by atoms with Crippen LogP contribution in [0.15, 0.2) is 54.9 Å². The number of benzene rings is 2. The second kappa shape index (κ2) is 12.7. The molecule has 220 valence electrons. The lowest BCUT2D eigenvalue weighted by molar-refractivity contribution is 0.0935. The highest BCUT2D eigenvalue weighted by Gasteiger charge is 2.22. The molecule has 11 nitrogen and oxygen atoms in total. The second-order valence-electron chi connectivity index (χ2n) is 10.3. The van der Waals surface area contributed by atoms with Gasteiger partial charge < -0.3 is 27.0 Å². The zero-order valence-corrected chi connectivity index (χ0v) is 23.4. The van der Waals surface area contributed by atoms with Gasteiger partial charge in [-0.2, -0.15) is 5.26 Å². The lowest BCUT2D eigenvalue weighted by Crippen LogP contribution is -2.43. The van der Waals surface area contributed by atoms with Gasteiger partial charge in [0.05, 0.1) is 24.1 Å². The first-order chi connectivity index (χ1) is 20.7. The Morgan fingerprint density at radius 2 is 1.93 bits per heavy atom. The zero-order valence-electron chi connectivity index (χ0n) is 23.4. The monoisotopic (exact) mass is 584 g/mol. The Labute approximate surface area is 247 Å². The second-order valence-corrected chi connectivity index (χ2v) is 10.3. The van der Waals surface area contributed by atoms with Gasteiger partial charge in [-0.1, -0.05) is 30.3 Å². The van der Waals surface area contributed by atoms with Crippen LogP contribution in [0.25, 0.3) is 11.3 Å². The smallest absolute Gasteiger partial charge is 0.274 e. The summed E-state index contributed by atoms with van der Waals surface area (Å²) in [7, 11) is 0. The van der Waals surface area contributed by atoms with Crippen LogP contribution in [-0.2, 0) is 6.54 Å². The van der Waals surface area contributed by atoms with Gasteiger partial charge in [-0.3, -0.25) is 4.79 Å². The summed E-state index contributed by atoms with van der Waals surface area (Å²) < 4.78 is 27.0. The van der Waals surface area contributed by atoms with Crippen molar-refractivity contribution in [1.29, 1.82) is 5.26 Å². The maximum absolute atomic E-state index is 13.7. The van der Waals surface area contributed by atoms with Crippen molar-refractivity contribution in [2.75, 3.05) is 29.0 Å². The van der Waals surface area contributed by atoms with E-state index in [0.717, 1.165) is 42.6 Å². The van der Waals surface area contributed by atoms with Gasteiger partial charge >= 0.3 is 0 Å². The Balaban J connectivity index is 1.29. The van der Waals surface area contributed by atoms with Crippen molar-refractivity contribution in [3.63, 3.8) is 0 Å². The van der Waals surface area contributed by atoms with Crippen molar-refractivity contribution < 1.29 is 13.6 Å². The molecule has 1 amide bonds. The van der Waals surface area contributed by atoms with Crippen molar-refractivity contribution in [3.05, 3.63) is 89.0 Å². The summed E-state index contributed by atoms with van der Waals surface area (Å²) in [6.45, 7) is 3.42. The van der Waals surface area contributed by atoms with E-state index in [4.69, 9.17) is 16.5 Å². The standard InChI is InChI=1S/C30H30F2N10O/c1-17(20-8-9-23(31)24(32)11-20)39-30(43)26-28(38-14-22(12-33)40-26)37-13-18-4-6-19(7-5-18)25-15-36-27(35)29(41-25)42-10-2-3-21(34)16-42/h4-9,11,14-15,17,21H,2-3,10,13,16,34H2,1H3,(H2,35,36)(H,37,38)(H,39,43)/t17-,21-/m0/s1. The number of carbonyl (C=O) groups is 1. The van der Waals surface area contributed by atoms with Gasteiger partial charge in [0.15, 0.2) is 40.5 Å². The number of nitrogens with zero attached hydrogens (tertiary/aromatic N) is 6. The quantitative estimate of drug-likeness (QED) is 0.239. The molecule has 1 fully saturated rings. The van der Waals surface area contributed by atoms with Crippen LogP contribution in [0.2, 0.25) is 0 Å². The third kappa shape index (κ3) is 6.82. The number of rotatable bonds is 8. The van der Waals surface area contributed by atoms with Crippen LogP contribution in [0.3, 0.4) is 0 Å². The molecule has 0 radical (unpaired) electrons. The number of nitrogen functional groups attached to an aromatic ring is 1. The first-order valence-electron chi connectivity index (χ1n) is 13.7. The van der Waals surface area contributed by atoms with Crippen molar-refractivity contribution >= 4 is 23.4 Å². The van der Waals surface area contributed by atoms with Crippen molar-refractivity contribution in [1.82, 2.24) is 25.3 Å². The molecule has 0 unspecified atom stereocenters. The predicted molar refractivity (Wildman–Crippen MR) is 158 cm³/mol. The van der Waals surface area contributed by atoms with Crippen molar-refractivity contribution in [2.45, 2.75) is 38.4 Å². The minimum atomic E-state index is -1.02. The molecule has 13 heteroatoms. The van der Waals surface area contributed by atoms with Crippen molar-refractivity contribution in [2.24, 2.45) is 5.73 Å². The van der Waals surface area contributed by atoms with E-state index in [2.05, 4.69) is 30.5 Å². The van der Waals surface area contributed by atoms with E-state index < -0.39 is 23.6 Å². The molecule has 2 aromatic carbocycles. The summed E-state index contributed by atoms with van der Waals surface area (Å²) in [6, 6.07) is 12.3. The lowest BCUT2D eigenvalue weighted by atomic mass is 10.1. The summed E-state index contributed by atoms with van der Waals surface area (Å²) >= 11 is 0. The lowest BCUT2D eigenvalue weighted by Gasteiger charge is -2.32. The normalized spacial score (nSPS) is 15.4. The molecule has 0 spiro atoms. The van der Waals surface area contributed by atoms with E-state index in [1.807, 2.05) is 30.3 Å². The predicted octanol–water partition coefficient (Wildman–Crippen LogP) is 3.70. The number of nitrogens with two attached hydrogens (primary N) is 2. The zero-order chi connectivity index (χ0) is 30.5. The van der Waals surface area contributed by atoms with E-state index in [-0.39, 0.29) is 23.2 Å². The molecule has 5 rings (SSSR count). The van der Waals surface area contributed by atoms with Gasteiger partial charge in [-0.05, 0) is 43.0 Å². The van der Waals surface area contributed by atoms with E-state index >= 15 is 0 Å². The van der Waals surface area contributed by atoms with Gasteiger partial charge in [0.1, 0.15) is 6.07 Å². The third-order valence-corrected chi connectivity index (χ3v) is 7.14. The Kier molecular flexibility index (Phi) is 8.68. The average molecular weight is 585 g/mol. The summed E-state index contributed by atoms with van der Waals surface area (Å²) in [5.41, 5.74) is 14.9. The van der Waals surface area contributed by atoms with Crippen LogP contribution in [-0.4, -0.2) is 45.0 Å². The number of amides is 1. The Morgan fingerprint density at radius 3 is 2.65 bits per heavy atom. The van der Waals surface area contributed by atoms with Gasteiger partial charge in [0.2, 0.25) is 0 Å². The molecule has 0 aliphatic carbocycles. The average Bonchev–Trinajstić information content (AvgIpc) is 3.01. The fraction of sp³-hybridized carbons (Fsp3) is 0.267. The number of piperidine rings is 1. The number of aromatic nitrogens is 4. The number of nitriles is 1.